The average Bonchev–Trinajstić information content (AvgIpc) is 2.84. The van der Waals surface area contributed by atoms with Crippen molar-refractivity contribution in [3.8, 4) is 0 Å². The summed E-state index contributed by atoms with van der Waals surface area (Å²) in [4.78, 5) is 29.3. The van der Waals surface area contributed by atoms with Gasteiger partial charge >= 0.3 is 0 Å². The number of ether oxygens (including phenoxy) is 1. The van der Waals surface area contributed by atoms with Crippen LogP contribution in [-0.2, 0) is 14.3 Å². The van der Waals surface area contributed by atoms with Crippen LogP contribution < -0.4 is 5.32 Å². The van der Waals surface area contributed by atoms with Crippen LogP contribution >= 0.6 is 11.8 Å². The Morgan fingerprint density at radius 3 is 3.24 bits per heavy atom. The van der Waals surface area contributed by atoms with E-state index in [2.05, 4.69) is 10.3 Å². The van der Waals surface area contributed by atoms with E-state index in [1.807, 2.05) is 0 Å². The van der Waals surface area contributed by atoms with E-state index in [0.29, 0.717) is 26.2 Å². The zero-order valence-corrected chi connectivity index (χ0v) is 10.5. The first-order chi connectivity index (χ1) is 8.22. The molecule has 2 amide bonds. The van der Waals surface area contributed by atoms with E-state index in [1.54, 1.807) is 12.0 Å². The third-order valence-electron chi connectivity index (χ3n) is 2.59. The number of aliphatic imine (C=N–C) groups is 1. The molecule has 1 fully saturated rings. The van der Waals surface area contributed by atoms with Crippen molar-refractivity contribution in [3.05, 3.63) is 0 Å². The Labute approximate surface area is 104 Å². The third kappa shape index (κ3) is 2.78. The normalized spacial score (nSPS) is 22.6. The Morgan fingerprint density at radius 2 is 2.53 bits per heavy atom. The van der Waals surface area contributed by atoms with Gasteiger partial charge in [0.25, 0.3) is 0 Å². The molecular weight excluding hydrogens is 242 g/mol. The van der Waals surface area contributed by atoms with Crippen molar-refractivity contribution in [3.63, 3.8) is 0 Å². The monoisotopic (exact) mass is 257 g/mol. The van der Waals surface area contributed by atoms with Crippen LogP contribution in [-0.4, -0.2) is 60.5 Å². The van der Waals surface area contributed by atoms with E-state index < -0.39 is 0 Å². The summed E-state index contributed by atoms with van der Waals surface area (Å²) in [5.74, 6) is -0.109. The molecule has 2 rings (SSSR count). The largest absolute Gasteiger partial charge is 0.383 e. The van der Waals surface area contributed by atoms with Gasteiger partial charge in [0.05, 0.1) is 13.2 Å². The number of methoxy groups -OCH3 is 1. The summed E-state index contributed by atoms with van der Waals surface area (Å²) >= 11 is 1.39. The lowest BCUT2D eigenvalue weighted by molar-refractivity contribution is -0.129. The van der Waals surface area contributed by atoms with Gasteiger partial charge in [0.15, 0.2) is 5.17 Å². The highest BCUT2D eigenvalue weighted by Crippen LogP contribution is 2.31. The zero-order chi connectivity index (χ0) is 12.3. The molecule has 0 aromatic carbocycles. The van der Waals surface area contributed by atoms with Crippen molar-refractivity contribution in [1.82, 2.24) is 10.2 Å². The molecule has 0 unspecified atom stereocenters. The Bertz CT molecular complexity index is 359. The number of amidine groups is 1. The molecule has 17 heavy (non-hydrogen) atoms. The number of carbonyl (C=O) groups is 2. The molecule has 0 aromatic rings. The van der Waals surface area contributed by atoms with E-state index >= 15 is 0 Å². The molecule has 2 heterocycles. The van der Waals surface area contributed by atoms with E-state index in [4.69, 9.17) is 4.74 Å². The molecule has 1 atom stereocenters. The van der Waals surface area contributed by atoms with Crippen LogP contribution in [0.1, 0.15) is 6.42 Å². The Hall–Kier alpha value is -1.08. The first-order valence-electron chi connectivity index (χ1n) is 5.50. The predicted octanol–water partition coefficient (Wildman–Crippen LogP) is -0.547. The fraction of sp³-hybridized carbons (Fsp3) is 0.700. The van der Waals surface area contributed by atoms with E-state index in [9.17, 15) is 9.59 Å². The van der Waals surface area contributed by atoms with Crippen LogP contribution in [0.4, 0.5) is 0 Å². The minimum atomic E-state index is -0.309. The first kappa shape index (κ1) is 12.4. The van der Waals surface area contributed by atoms with Gasteiger partial charge in [-0.3, -0.25) is 19.5 Å². The summed E-state index contributed by atoms with van der Waals surface area (Å²) < 4.78 is 4.83. The SMILES string of the molecule is COCCNC(=O)C[C@@H]1SC2=NCCN2C1=O. The van der Waals surface area contributed by atoms with Crippen LogP contribution in [0.2, 0.25) is 0 Å². The Morgan fingerprint density at radius 1 is 1.71 bits per heavy atom. The van der Waals surface area contributed by atoms with Gasteiger partial charge in [0.2, 0.25) is 11.8 Å². The molecule has 1 N–H and O–H groups in total. The molecule has 7 heteroatoms. The van der Waals surface area contributed by atoms with Crippen molar-refractivity contribution in [2.24, 2.45) is 4.99 Å². The van der Waals surface area contributed by atoms with E-state index in [-0.39, 0.29) is 23.5 Å². The molecule has 0 radical (unpaired) electrons. The van der Waals surface area contributed by atoms with Gasteiger partial charge < -0.3 is 10.1 Å². The summed E-state index contributed by atoms with van der Waals surface area (Å²) in [6, 6.07) is 0. The average molecular weight is 257 g/mol. The first-order valence-corrected chi connectivity index (χ1v) is 6.38. The number of nitrogens with one attached hydrogen (secondary N) is 1. The van der Waals surface area contributed by atoms with Crippen molar-refractivity contribution >= 4 is 28.7 Å². The molecule has 0 aliphatic carbocycles. The second kappa shape index (κ2) is 5.50. The number of rotatable bonds is 5. The quantitative estimate of drug-likeness (QED) is 0.671. The summed E-state index contributed by atoms with van der Waals surface area (Å²) in [5.41, 5.74) is 0. The zero-order valence-electron chi connectivity index (χ0n) is 9.64. The topological polar surface area (TPSA) is 71.0 Å². The van der Waals surface area contributed by atoms with Crippen molar-refractivity contribution in [1.29, 1.82) is 0 Å². The number of fused-ring (bicyclic) bond motifs is 1. The highest BCUT2D eigenvalue weighted by Gasteiger charge is 2.40. The fourth-order valence-electron chi connectivity index (χ4n) is 1.75. The van der Waals surface area contributed by atoms with Gasteiger partial charge in [-0.2, -0.15) is 0 Å². The van der Waals surface area contributed by atoms with Crippen LogP contribution in [0.15, 0.2) is 4.99 Å². The second-order valence-electron chi connectivity index (χ2n) is 3.81. The lowest BCUT2D eigenvalue weighted by atomic mass is 10.2. The van der Waals surface area contributed by atoms with Crippen molar-refractivity contribution < 1.29 is 14.3 Å². The van der Waals surface area contributed by atoms with Gasteiger partial charge in [-0.1, -0.05) is 11.8 Å². The van der Waals surface area contributed by atoms with Crippen LogP contribution in [0, 0.1) is 0 Å². The number of thioether (sulfide) groups is 1. The molecule has 0 bridgehead atoms. The maximum atomic E-state index is 11.9. The van der Waals surface area contributed by atoms with E-state index in [0.717, 1.165) is 5.17 Å². The third-order valence-corrected chi connectivity index (χ3v) is 3.80. The molecule has 2 aliphatic rings. The number of amides is 2. The lowest BCUT2D eigenvalue weighted by Crippen LogP contribution is -2.34. The lowest BCUT2D eigenvalue weighted by Gasteiger charge is -2.10. The van der Waals surface area contributed by atoms with Crippen molar-refractivity contribution in [2.75, 3.05) is 33.4 Å². The molecule has 0 spiro atoms. The second-order valence-corrected chi connectivity index (χ2v) is 4.98. The van der Waals surface area contributed by atoms with E-state index in [1.165, 1.54) is 11.8 Å². The van der Waals surface area contributed by atoms with Crippen LogP contribution in [0.25, 0.3) is 0 Å². The minimum Gasteiger partial charge on any atom is -0.383 e. The summed E-state index contributed by atoms with van der Waals surface area (Å²) in [6.45, 7) is 2.30. The smallest absolute Gasteiger partial charge is 0.242 e. The highest BCUT2D eigenvalue weighted by atomic mass is 32.2. The van der Waals surface area contributed by atoms with Crippen LogP contribution in [0.3, 0.4) is 0 Å². The molecule has 2 aliphatic heterocycles. The molecule has 94 valence electrons. The number of carbonyl (C=O) groups excluding carboxylic acids is 2. The number of nitrogens with zero attached hydrogens (tertiary/aromatic N) is 2. The minimum absolute atomic E-state index is 0.00754. The maximum absolute atomic E-state index is 11.9. The van der Waals surface area contributed by atoms with Crippen LogP contribution in [0.5, 0.6) is 0 Å². The molecule has 0 saturated carbocycles. The molecular formula is C10H15N3O3S. The number of hydrogen-bond acceptors (Lipinski definition) is 5. The molecule has 1 saturated heterocycles. The molecule has 6 nitrogen and oxygen atoms in total. The standard InChI is InChI=1S/C10H15N3O3S/c1-16-5-3-11-8(14)6-7-9(15)13-4-2-12-10(13)17-7/h7H,2-6H2,1H3,(H,11,14)/t7-/m0/s1. The highest BCUT2D eigenvalue weighted by molar-refractivity contribution is 8.15. The fourth-order valence-corrected chi connectivity index (χ4v) is 2.94. The van der Waals surface area contributed by atoms with Gasteiger partial charge in [-0.05, 0) is 0 Å². The van der Waals surface area contributed by atoms with Gasteiger partial charge in [-0.15, -0.1) is 0 Å². The summed E-state index contributed by atoms with van der Waals surface area (Å²) in [7, 11) is 1.58. The van der Waals surface area contributed by atoms with Gasteiger partial charge in [-0.25, -0.2) is 0 Å². The van der Waals surface area contributed by atoms with Crippen molar-refractivity contribution in [2.45, 2.75) is 11.7 Å². The Kier molecular flexibility index (Phi) is 4.01. The Balaban J connectivity index is 1.80. The molecule has 0 aromatic heterocycles. The summed E-state index contributed by atoms with van der Waals surface area (Å²) in [6.07, 6.45) is 0.211. The predicted molar refractivity (Wildman–Crippen MR) is 64.9 cm³/mol. The maximum Gasteiger partial charge on any atom is 0.242 e. The summed E-state index contributed by atoms with van der Waals surface area (Å²) in [5, 5.41) is 3.17. The van der Waals surface area contributed by atoms with Gasteiger partial charge in [0, 0.05) is 26.6 Å². The number of hydrogen-bond donors (Lipinski definition) is 1. The van der Waals surface area contributed by atoms with Gasteiger partial charge in [0.1, 0.15) is 5.25 Å².